The highest BCUT2D eigenvalue weighted by Crippen LogP contribution is 2.19. The summed E-state index contributed by atoms with van der Waals surface area (Å²) in [6.45, 7) is 1.82. The highest BCUT2D eigenvalue weighted by atomic mass is 35.5. The second-order valence-electron chi connectivity index (χ2n) is 4.70. The van der Waals surface area contributed by atoms with Crippen LogP contribution in [0.4, 0.5) is 5.69 Å². The van der Waals surface area contributed by atoms with Gasteiger partial charge in [0.05, 0.1) is 17.2 Å². The molecule has 1 amide bonds. The number of hydrogen-bond donors (Lipinski definition) is 1. The van der Waals surface area contributed by atoms with Crippen molar-refractivity contribution in [3.05, 3.63) is 62.9 Å². The summed E-state index contributed by atoms with van der Waals surface area (Å²) in [4.78, 5) is 22.4. The number of carbonyl (C=O) groups excluding carboxylic acids is 1. The maximum Gasteiger partial charge on any atom is 0.287 e. The molecule has 2 aromatic rings. The number of aryl methyl sites for hydroxylation is 1. The Bertz CT molecular complexity index is 697. The normalized spacial score (nSPS) is 12.0. The molecular weight excluding hydrogens is 294 g/mol. The summed E-state index contributed by atoms with van der Waals surface area (Å²) < 4.78 is 1.43. The fraction of sp³-hybridized carbons (Fsp3) is 0.214. The molecule has 1 aromatic carbocycles. The van der Waals surface area contributed by atoms with Crippen LogP contribution in [0.3, 0.4) is 0 Å². The van der Waals surface area contributed by atoms with E-state index in [1.54, 1.807) is 25.2 Å². The predicted molar refractivity (Wildman–Crippen MR) is 79.4 cm³/mol. The first-order valence-electron chi connectivity index (χ1n) is 6.25. The number of aromatic nitrogens is 1. The summed E-state index contributed by atoms with van der Waals surface area (Å²) in [6.07, 6.45) is 1.30. The molecule has 0 aliphatic rings. The van der Waals surface area contributed by atoms with Gasteiger partial charge < -0.3 is 9.88 Å². The molecule has 1 heterocycles. The molecule has 1 aromatic heterocycles. The Morgan fingerprint density at radius 3 is 2.71 bits per heavy atom. The van der Waals surface area contributed by atoms with Gasteiger partial charge in [0.15, 0.2) is 0 Å². The van der Waals surface area contributed by atoms with Crippen molar-refractivity contribution in [3.63, 3.8) is 0 Å². The van der Waals surface area contributed by atoms with Gasteiger partial charge in [-0.1, -0.05) is 23.7 Å². The molecule has 21 heavy (non-hydrogen) atoms. The first-order chi connectivity index (χ1) is 9.88. The third-order valence-electron chi connectivity index (χ3n) is 3.13. The van der Waals surface area contributed by atoms with Crippen LogP contribution in [0.15, 0.2) is 36.5 Å². The zero-order chi connectivity index (χ0) is 15.6. The zero-order valence-electron chi connectivity index (χ0n) is 11.5. The molecule has 1 atom stereocenters. The van der Waals surface area contributed by atoms with E-state index >= 15 is 0 Å². The van der Waals surface area contributed by atoms with Crippen molar-refractivity contribution in [2.24, 2.45) is 7.05 Å². The summed E-state index contributed by atoms with van der Waals surface area (Å²) >= 11 is 5.91. The summed E-state index contributed by atoms with van der Waals surface area (Å²) in [7, 11) is 1.59. The minimum absolute atomic E-state index is 0.113. The number of halogens is 1. The topological polar surface area (TPSA) is 77.2 Å². The molecule has 0 radical (unpaired) electrons. The number of amides is 1. The smallest absolute Gasteiger partial charge is 0.287 e. The molecule has 0 bridgehead atoms. The van der Waals surface area contributed by atoms with Gasteiger partial charge in [0, 0.05) is 18.1 Å². The van der Waals surface area contributed by atoms with E-state index in [2.05, 4.69) is 5.32 Å². The first-order valence-corrected chi connectivity index (χ1v) is 6.63. The van der Waals surface area contributed by atoms with Crippen LogP contribution >= 0.6 is 11.6 Å². The number of rotatable bonds is 4. The standard InChI is InChI=1S/C14H14ClN3O3/c1-9(10-4-3-5-11(15)6-10)16-14(19)13-7-12(18(20)21)8-17(13)2/h3-9H,1-2H3,(H,16,19). The summed E-state index contributed by atoms with van der Waals surface area (Å²) in [5, 5.41) is 14.1. The van der Waals surface area contributed by atoms with E-state index in [9.17, 15) is 14.9 Å². The van der Waals surface area contributed by atoms with Crippen molar-refractivity contribution >= 4 is 23.2 Å². The van der Waals surface area contributed by atoms with Gasteiger partial charge in [-0.3, -0.25) is 14.9 Å². The van der Waals surface area contributed by atoms with Gasteiger partial charge >= 0.3 is 0 Å². The molecule has 0 spiro atoms. The second kappa shape index (κ2) is 5.97. The number of nitrogens with one attached hydrogen (secondary N) is 1. The monoisotopic (exact) mass is 307 g/mol. The fourth-order valence-corrected chi connectivity index (χ4v) is 2.20. The van der Waals surface area contributed by atoms with E-state index in [0.29, 0.717) is 5.02 Å². The lowest BCUT2D eigenvalue weighted by Gasteiger charge is -2.14. The largest absolute Gasteiger partial charge is 0.344 e. The van der Waals surface area contributed by atoms with Crippen molar-refractivity contribution < 1.29 is 9.72 Å². The van der Waals surface area contributed by atoms with E-state index in [0.717, 1.165) is 5.56 Å². The van der Waals surface area contributed by atoms with Gasteiger partial charge in [-0.15, -0.1) is 0 Å². The third-order valence-corrected chi connectivity index (χ3v) is 3.37. The lowest BCUT2D eigenvalue weighted by atomic mass is 10.1. The molecule has 0 saturated carbocycles. The summed E-state index contributed by atoms with van der Waals surface area (Å²) in [6, 6.07) is 8.16. The molecular formula is C14H14ClN3O3. The highest BCUT2D eigenvalue weighted by Gasteiger charge is 2.19. The lowest BCUT2D eigenvalue weighted by molar-refractivity contribution is -0.384. The lowest BCUT2D eigenvalue weighted by Crippen LogP contribution is -2.28. The minimum atomic E-state index is -0.531. The van der Waals surface area contributed by atoms with Crippen LogP contribution in [0.5, 0.6) is 0 Å². The van der Waals surface area contributed by atoms with Crippen LogP contribution < -0.4 is 5.32 Å². The molecule has 2 rings (SSSR count). The van der Waals surface area contributed by atoms with Gasteiger partial charge in [0.1, 0.15) is 5.69 Å². The highest BCUT2D eigenvalue weighted by molar-refractivity contribution is 6.30. The van der Waals surface area contributed by atoms with Gasteiger partial charge in [-0.25, -0.2) is 0 Å². The van der Waals surface area contributed by atoms with E-state index < -0.39 is 4.92 Å². The molecule has 0 saturated heterocycles. The zero-order valence-corrected chi connectivity index (χ0v) is 12.3. The number of benzene rings is 1. The Hall–Kier alpha value is -2.34. The van der Waals surface area contributed by atoms with Crippen molar-refractivity contribution in [1.82, 2.24) is 9.88 Å². The van der Waals surface area contributed by atoms with Crippen LogP contribution in [-0.4, -0.2) is 15.4 Å². The van der Waals surface area contributed by atoms with Crippen molar-refractivity contribution in [1.29, 1.82) is 0 Å². The maximum atomic E-state index is 12.2. The molecule has 1 unspecified atom stereocenters. The Morgan fingerprint density at radius 2 is 2.14 bits per heavy atom. The fourth-order valence-electron chi connectivity index (χ4n) is 2.00. The van der Waals surface area contributed by atoms with Crippen LogP contribution in [-0.2, 0) is 7.05 Å². The Morgan fingerprint density at radius 1 is 1.43 bits per heavy atom. The van der Waals surface area contributed by atoms with Crippen molar-refractivity contribution in [3.8, 4) is 0 Å². The number of carbonyl (C=O) groups is 1. The van der Waals surface area contributed by atoms with Gasteiger partial charge in [-0.2, -0.15) is 0 Å². The van der Waals surface area contributed by atoms with Gasteiger partial charge in [0.25, 0.3) is 11.6 Å². The Kier molecular flexibility index (Phi) is 4.28. The second-order valence-corrected chi connectivity index (χ2v) is 5.14. The molecule has 7 heteroatoms. The predicted octanol–water partition coefficient (Wildman–Crippen LogP) is 3.08. The number of nitro groups is 1. The molecule has 0 fully saturated rings. The minimum Gasteiger partial charge on any atom is -0.344 e. The van der Waals surface area contributed by atoms with Gasteiger partial charge in [-0.05, 0) is 24.6 Å². The summed E-state index contributed by atoms with van der Waals surface area (Å²) in [5.41, 5.74) is 0.980. The number of hydrogen-bond acceptors (Lipinski definition) is 3. The molecule has 6 nitrogen and oxygen atoms in total. The maximum absolute atomic E-state index is 12.2. The van der Waals surface area contributed by atoms with Crippen molar-refractivity contribution in [2.45, 2.75) is 13.0 Å². The van der Waals surface area contributed by atoms with E-state index in [4.69, 9.17) is 11.6 Å². The quantitative estimate of drug-likeness (QED) is 0.696. The molecule has 0 aliphatic heterocycles. The Balaban J connectivity index is 2.16. The third kappa shape index (κ3) is 3.41. The SMILES string of the molecule is CC(NC(=O)c1cc([N+](=O)[O-])cn1C)c1cccc(Cl)c1. The van der Waals surface area contributed by atoms with Crippen LogP contribution in [0.1, 0.15) is 29.0 Å². The van der Waals surface area contributed by atoms with E-state index in [1.807, 2.05) is 13.0 Å². The first kappa shape index (κ1) is 15.1. The molecule has 0 aliphatic carbocycles. The van der Waals surface area contributed by atoms with Gasteiger partial charge in [0.2, 0.25) is 0 Å². The average Bonchev–Trinajstić information content (AvgIpc) is 2.81. The van der Waals surface area contributed by atoms with E-state index in [-0.39, 0.29) is 23.3 Å². The average molecular weight is 308 g/mol. The van der Waals surface area contributed by atoms with Crippen LogP contribution in [0.25, 0.3) is 0 Å². The van der Waals surface area contributed by atoms with Crippen molar-refractivity contribution in [2.75, 3.05) is 0 Å². The van der Waals surface area contributed by atoms with Crippen LogP contribution in [0, 0.1) is 10.1 Å². The van der Waals surface area contributed by atoms with E-state index in [1.165, 1.54) is 16.8 Å². The summed E-state index contributed by atoms with van der Waals surface area (Å²) in [5.74, 6) is -0.377. The molecule has 1 N–H and O–H groups in total. The number of nitrogens with zero attached hydrogens (tertiary/aromatic N) is 2. The van der Waals surface area contributed by atoms with Crippen LogP contribution in [0.2, 0.25) is 5.02 Å². The Labute approximate surface area is 126 Å². The molecule has 110 valence electrons.